The maximum atomic E-state index is 2.21. The first-order chi connectivity index (χ1) is 6.75. The lowest BCUT2D eigenvalue weighted by molar-refractivity contribution is 1.44. The third-order valence-electron chi connectivity index (χ3n) is 2.40. The molecular weight excluding hydrogens is 216 g/mol. The SMILES string of the molecule is C.C.C.C.Cc1ccc(-c2cccc(C)c2)cc1. The average Bonchev–Trinajstić information content (AvgIpc) is 2.19. The molecule has 2 rings (SSSR count). The Hall–Kier alpha value is -1.56. The zero-order valence-corrected chi connectivity index (χ0v) is 8.62. The Morgan fingerprint density at radius 2 is 1.11 bits per heavy atom. The lowest BCUT2D eigenvalue weighted by Gasteiger charge is -2.02. The number of hydrogen-bond acceptors (Lipinski definition) is 0. The summed E-state index contributed by atoms with van der Waals surface area (Å²) in [5.74, 6) is 0. The van der Waals surface area contributed by atoms with E-state index in [1.807, 2.05) is 0 Å². The first kappa shape index (κ1) is 21.7. The third-order valence-corrected chi connectivity index (χ3v) is 2.40. The van der Waals surface area contributed by atoms with Crippen molar-refractivity contribution in [2.45, 2.75) is 43.6 Å². The summed E-state index contributed by atoms with van der Waals surface area (Å²) < 4.78 is 0. The van der Waals surface area contributed by atoms with Crippen molar-refractivity contribution in [1.29, 1.82) is 0 Å². The van der Waals surface area contributed by atoms with E-state index in [0.717, 1.165) is 0 Å². The largest absolute Gasteiger partial charge is 0.0776 e. The molecule has 0 heterocycles. The van der Waals surface area contributed by atoms with Crippen LogP contribution in [0, 0.1) is 13.8 Å². The van der Waals surface area contributed by atoms with Gasteiger partial charge in [0.05, 0.1) is 0 Å². The molecule has 0 aliphatic heterocycles. The molecule has 0 spiro atoms. The van der Waals surface area contributed by atoms with Gasteiger partial charge in [0.2, 0.25) is 0 Å². The number of hydrogen-bond donors (Lipinski definition) is 0. The summed E-state index contributed by atoms with van der Waals surface area (Å²) in [5, 5.41) is 0. The Balaban J connectivity index is -0.000000562. The van der Waals surface area contributed by atoms with Gasteiger partial charge < -0.3 is 0 Å². The topological polar surface area (TPSA) is 0 Å². The van der Waals surface area contributed by atoms with Gasteiger partial charge in [0.25, 0.3) is 0 Å². The van der Waals surface area contributed by atoms with Crippen LogP contribution in [0.5, 0.6) is 0 Å². The highest BCUT2D eigenvalue weighted by molar-refractivity contribution is 5.64. The first-order valence-corrected chi connectivity index (χ1v) is 4.89. The molecule has 0 saturated carbocycles. The molecule has 2 aromatic rings. The van der Waals surface area contributed by atoms with E-state index in [0.29, 0.717) is 0 Å². The highest BCUT2D eigenvalue weighted by Crippen LogP contribution is 2.20. The van der Waals surface area contributed by atoms with Gasteiger partial charge in [-0.05, 0) is 25.0 Å². The van der Waals surface area contributed by atoms with E-state index in [4.69, 9.17) is 0 Å². The molecule has 102 valence electrons. The quantitative estimate of drug-likeness (QED) is 0.537. The van der Waals surface area contributed by atoms with Gasteiger partial charge in [-0.3, -0.25) is 0 Å². The second kappa shape index (κ2) is 9.47. The van der Waals surface area contributed by atoms with Gasteiger partial charge in [-0.25, -0.2) is 0 Å². The average molecular weight is 246 g/mol. The van der Waals surface area contributed by atoms with Crippen molar-refractivity contribution in [2.24, 2.45) is 0 Å². The van der Waals surface area contributed by atoms with Gasteiger partial charge in [0.15, 0.2) is 0 Å². The normalized spacial score (nSPS) is 7.89. The van der Waals surface area contributed by atoms with Gasteiger partial charge in [-0.15, -0.1) is 0 Å². The summed E-state index contributed by atoms with van der Waals surface area (Å²) in [5.41, 5.74) is 5.20. The van der Waals surface area contributed by atoms with Gasteiger partial charge in [0, 0.05) is 0 Å². The van der Waals surface area contributed by atoms with E-state index in [1.165, 1.54) is 22.3 Å². The zero-order valence-electron chi connectivity index (χ0n) is 8.62. The number of benzene rings is 2. The van der Waals surface area contributed by atoms with Crippen molar-refractivity contribution in [1.82, 2.24) is 0 Å². The highest BCUT2D eigenvalue weighted by atomic mass is 14.0. The summed E-state index contributed by atoms with van der Waals surface area (Å²) >= 11 is 0. The van der Waals surface area contributed by atoms with Gasteiger partial charge in [0.1, 0.15) is 0 Å². The standard InChI is InChI=1S/C14H14.4CH4/c1-11-6-8-13(9-7-11)14-5-3-4-12(2)10-14;;;;/h3-10H,1-2H3;4*1H4. The van der Waals surface area contributed by atoms with Crippen molar-refractivity contribution >= 4 is 0 Å². The third kappa shape index (κ3) is 5.18. The minimum atomic E-state index is 0. The van der Waals surface area contributed by atoms with Crippen LogP contribution in [0.4, 0.5) is 0 Å². The predicted octanol–water partition coefficient (Wildman–Crippen LogP) is 6.51. The maximum absolute atomic E-state index is 2.21. The summed E-state index contributed by atoms with van der Waals surface area (Å²) in [6.07, 6.45) is 0. The van der Waals surface area contributed by atoms with Crippen molar-refractivity contribution in [2.75, 3.05) is 0 Å². The highest BCUT2D eigenvalue weighted by Gasteiger charge is 1.96. The van der Waals surface area contributed by atoms with Crippen LogP contribution in [-0.2, 0) is 0 Å². The minimum absolute atomic E-state index is 0. The van der Waals surface area contributed by atoms with Crippen LogP contribution in [0.2, 0.25) is 0 Å². The predicted molar refractivity (Wildman–Crippen MR) is 88.3 cm³/mol. The Labute approximate surface area is 115 Å². The summed E-state index contributed by atoms with van der Waals surface area (Å²) in [4.78, 5) is 0. The number of aryl methyl sites for hydroxylation is 2. The van der Waals surface area contributed by atoms with Crippen molar-refractivity contribution in [3.63, 3.8) is 0 Å². The molecule has 0 aliphatic rings. The molecule has 0 radical (unpaired) electrons. The maximum Gasteiger partial charge on any atom is -0.0181 e. The summed E-state index contributed by atoms with van der Waals surface area (Å²) in [6.45, 7) is 4.23. The Morgan fingerprint density at radius 1 is 0.556 bits per heavy atom. The van der Waals surface area contributed by atoms with E-state index in [1.54, 1.807) is 0 Å². The molecule has 0 aromatic heterocycles. The molecule has 0 heteroatoms. The molecule has 0 amide bonds. The minimum Gasteiger partial charge on any atom is -0.0776 e. The number of rotatable bonds is 1. The molecule has 0 bridgehead atoms. The molecule has 18 heavy (non-hydrogen) atoms. The lowest BCUT2D eigenvalue weighted by Crippen LogP contribution is -1.79. The molecule has 0 fully saturated rings. The second-order valence-electron chi connectivity index (χ2n) is 3.74. The monoisotopic (exact) mass is 246 g/mol. The van der Waals surface area contributed by atoms with E-state index in [2.05, 4.69) is 62.4 Å². The Kier molecular flexibility index (Phi) is 11.4. The fraction of sp³-hybridized carbons (Fsp3) is 0.333. The smallest absolute Gasteiger partial charge is 0.0181 e. The lowest BCUT2D eigenvalue weighted by atomic mass is 10.0. The molecular formula is C18H30. The van der Waals surface area contributed by atoms with Crippen molar-refractivity contribution in [3.8, 4) is 11.1 Å². The molecule has 0 aliphatic carbocycles. The van der Waals surface area contributed by atoms with Gasteiger partial charge >= 0.3 is 0 Å². The van der Waals surface area contributed by atoms with E-state index >= 15 is 0 Å². The van der Waals surface area contributed by atoms with Crippen LogP contribution in [0.1, 0.15) is 40.8 Å². The molecule has 0 saturated heterocycles. The molecule has 0 N–H and O–H groups in total. The Morgan fingerprint density at radius 3 is 1.61 bits per heavy atom. The molecule has 0 nitrogen and oxygen atoms in total. The second-order valence-corrected chi connectivity index (χ2v) is 3.74. The van der Waals surface area contributed by atoms with Crippen LogP contribution in [0.3, 0.4) is 0 Å². The molecule has 2 aromatic carbocycles. The van der Waals surface area contributed by atoms with E-state index in [9.17, 15) is 0 Å². The van der Waals surface area contributed by atoms with Crippen LogP contribution < -0.4 is 0 Å². The fourth-order valence-corrected chi connectivity index (χ4v) is 1.57. The van der Waals surface area contributed by atoms with Crippen LogP contribution in [0.25, 0.3) is 11.1 Å². The van der Waals surface area contributed by atoms with Crippen molar-refractivity contribution in [3.05, 3.63) is 59.7 Å². The van der Waals surface area contributed by atoms with Gasteiger partial charge in [-0.2, -0.15) is 0 Å². The summed E-state index contributed by atoms with van der Waals surface area (Å²) in [6, 6.07) is 17.2. The van der Waals surface area contributed by atoms with Crippen LogP contribution in [-0.4, -0.2) is 0 Å². The van der Waals surface area contributed by atoms with E-state index < -0.39 is 0 Å². The van der Waals surface area contributed by atoms with Crippen LogP contribution in [0.15, 0.2) is 48.5 Å². The van der Waals surface area contributed by atoms with E-state index in [-0.39, 0.29) is 29.7 Å². The van der Waals surface area contributed by atoms with Crippen molar-refractivity contribution < 1.29 is 0 Å². The Bertz CT molecular complexity index is 424. The summed E-state index contributed by atoms with van der Waals surface area (Å²) in [7, 11) is 0. The zero-order chi connectivity index (χ0) is 9.97. The first-order valence-electron chi connectivity index (χ1n) is 4.89. The molecule has 0 unspecified atom stereocenters. The van der Waals surface area contributed by atoms with Crippen LogP contribution >= 0.6 is 0 Å². The van der Waals surface area contributed by atoms with Gasteiger partial charge in [-0.1, -0.05) is 89.4 Å². The molecule has 0 atom stereocenters. The fourth-order valence-electron chi connectivity index (χ4n) is 1.57.